The van der Waals surface area contributed by atoms with E-state index in [0.29, 0.717) is 24.5 Å². The van der Waals surface area contributed by atoms with Crippen LogP contribution in [0.5, 0.6) is 0 Å². The zero-order chi connectivity index (χ0) is 11.3. The van der Waals surface area contributed by atoms with Gasteiger partial charge in [0.2, 0.25) is 0 Å². The summed E-state index contributed by atoms with van der Waals surface area (Å²) in [7, 11) is 3.37. The quantitative estimate of drug-likeness (QED) is 0.727. The van der Waals surface area contributed by atoms with Gasteiger partial charge in [0.1, 0.15) is 0 Å². The first-order chi connectivity index (χ1) is 7.20. The van der Waals surface area contributed by atoms with E-state index in [-0.39, 0.29) is 11.7 Å². The Morgan fingerprint density at radius 1 is 1.60 bits per heavy atom. The molecule has 0 atom stereocenters. The lowest BCUT2D eigenvalue weighted by Crippen LogP contribution is -2.24. The summed E-state index contributed by atoms with van der Waals surface area (Å²) in [5.41, 5.74) is 0.464. The first-order valence-corrected chi connectivity index (χ1v) is 5.13. The van der Waals surface area contributed by atoms with Crippen molar-refractivity contribution in [1.82, 2.24) is 4.98 Å². The molecule has 1 heterocycles. The molecule has 0 aromatic carbocycles. The number of anilines is 1. The van der Waals surface area contributed by atoms with Crippen LogP contribution in [0.15, 0.2) is 12.3 Å². The summed E-state index contributed by atoms with van der Waals surface area (Å²) >= 11 is 5.60. The molecule has 0 aliphatic heterocycles. The van der Waals surface area contributed by atoms with Crippen molar-refractivity contribution < 1.29 is 9.13 Å². The van der Waals surface area contributed by atoms with E-state index < -0.39 is 0 Å². The van der Waals surface area contributed by atoms with Gasteiger partial charge in [-0.05, 0) is 6.07 Å². The second kappa shape index (κ2) is 5.88. The summed E-state index contributed by atoms with van der Waals surface area (Å²) in [4.78, 5) is 5.68. The highest BCUT2D eigenvalue weighted by atomic mass is 35.5. The summed E-state index contributed by atoms with van der Waals surface area (Å²) in [5, 5.41) is 0. The Kier molecular flexibility index (Phi) is 4.78. The van der Waals surface area contributed by atoms with Crippen molar-refractivity contribution in [3.8, 4) is 0 Å². The fourth-order valence-corrected chi connectivity index (χ4v) is 1.38. The molecule has 0 aliphatic carbocycles. The number of likely N-dealkylation sites (N-methyl/N-ethyl adjacent to an activating group) is 1. The minimum absolute atomic E-state index is 0.152. The fourth-order valence-electron chi connectivity index (χ4n) is 1.17. The SMILES string of the molecule is COCCN(C)c1nccc(CCl)c1F. The molecule has 0 unspecified atom stereocenters. The van der Waals surface area contributed by atoms with Crippen molar-refractivity contribution in [2.24, 2.45) is 0 Å². The van der Waals surface area contributed by atoms with Crippen LogP contribution < -0.4 is 4.90 Å². The number of methoxy groups -OCH3 is 1. The Bertz CT molecular complexity index is 322. The molecule has 0 spiro atoms. The average molecular weight is 233 g/mol. The minimum atomic E-state index is -0.355. The third-order valence-electron chi connectivity index (χ3n) is 2.09. The second-order valence-corrected chi connectivity index (χ2v) is 3.42. The maximum absolute atomic E-state index is 13.7. The maximum Gasteiger partial charge on any atom is 0.170 e. The van der Waals surface area contributed by atoms with Crippen molar-refractivity contribution in [3.05, 3.63) is 23.6 Å². The van der Waals surface area contributed by atoms with Crippen LogP contribution in [-0.2, 0) is 10.6 Å². The number of alkyl halides is 1. The Balaban J connectivity index is 2.83. The molecule has 0 amide bonds. The van der Waals surface area contributed by atoms with Crippen LogP contribution in [0.4, 0.5) is 10.2 Å². The Labute approximate surface area is 93.8 Å². The number of rotatable bonds is 5. The normalized spacial score (nSPS) is 10.4. The molecule has 3 nitrogen and oxygen atoms in total. The lowest BCUT2D eigenvalue weighted by molar-refractivity contribution is 0.206. The largest absolute Gasteiger partial charge is 0.383 e. The Morgan fingerprint density at radius 3 is 2.93 bits per heavy atom. The van der Waals surface area contributed by atoms with Gasteiger partial charge < -0.3 is 9.64 Å². The summed E-state index contributed by atoms with van der Waals surface area (Å²) in [5.74, 6) is 0.107. The highest BCUT2D eigenvalue weighted by Gasteiger charge is 2.12. The first-order valence-electron chi connectivity index (χ1n) is 4.60. The first kappa shape index (κ1) is 12.2. The summed E-state index contributed by atoms with van der Waals surface area (Å²) < 4.78 is 18.6. The molecule has 1 rings (SSSR count). The van der Waals surface area contributed by atoms with Crippen LogP contribution in [0.2, 0.25) is 0 Å². The van der Waals surface area contributed by atoms with E-state index >= 15 is 0 Å². The van der Waals surface area contributed by atoms with Gasteiger partial charge in [-0.2, -0.15) is 0 Å². The third kappa shape index (κ3) is 3.04. The number of ether oxygens (including phenoxy) is 1. The van der Waals surface area contributed by atoms with Gasteiger partial charge in [0.25, 0.3) is 0 Å². The molecule has 0 fully saturated rings. The maximum atomic E-state index is 13.7. The van der Waals surface area contributed by atoms with Gasteiger partial charge in [0.15, 0.2) is 11.6 Å². The van der Waals surface area contributed by atoms with Gasteiger partial charge in [0, 0.05) is 32.5 Å². The highest BCUT2D eigenvalue weighted by molar-refractivity contribution is 6.17. The van der Waals surface area contributed by atoms with Crippen molar-refractivity contribution >= 4 is 17.4 Å². The molecule has 0 radical (unpaired) electrons. The van der Waals surface area contributed by atoms with Crippen LogP contribution in [0.1, 0.15) is 5.56 Å². The smallest absolute Gasteiger partial charge is 0.170 e. The summed E-state index contributed by atoms with van der Waals surface area (Å²) in [6, 6.07) is 1.58. The molecule has 0 saturated heterocycles. The molecular weight excluding hydrogens is 219 g/mol. The highest BCUT2D eigenvalue weighted by Crippen LogP contribution is 2.19. The molecule has 84 valence electrons. The monoisotopic (exact) mass is 232 g/mol. The number of hydrogen-bond acceptors (Lipinski definition) is 3. The molecule has 15 heavy (non-hydrogen) atoms. The topological polar surface area (TPSA) is 25.4 Å². The van der Waals surface area contributed by atoms with Crippen molar-refractivity contribution in [1.29, 1.82) is 0 Å². The van der Waals surface area contributed by atoms with Crippen LogP contribution >= 0.6 is 11.6 Å². The third-order valence-corrected chi connectivity index (χ3v) is 2.38. The standard InChI is InChI=1S/C10H14ClFN2O/c1-14(5-6-15-2)10-9(12)8(7-11)3-4-13-10/h3-4H,5-7H2,1-2H3. The molecule has 0 bridgehead atoms. The van der Waals surface area contributed by atoms with E-state index in [9.17, 15) is 4.39 Å². The molecule has 1 aromatic rings. The van der Waals surface area contributed by atoms with Crippen LogP contribution in [0, 0.1) is 5.82 Å². The minimum Gasteiger partial charge on any atom is -0.383 e. The fraction of sp³-hybridized carbons (Fsp3) is 0.500. The van der Waals surface area contributed by atoms with Gasteiger partial charge in [0.05, 0.1) is 12.5 Å². The predicted molar refractivity (Wildman–Crippen MR) is 58.9 cm³/mol. The molecule has 0 saturated carbocycles. The van der Waals surface area contributed by atoms with Crippen molar-refractivity contribution in [2.45, 2.75) is 5.88 Å². The van der Waals surface area contributed by atoms with E-state index in [2.05, 4.69) is 4.98 Å². The van der Waals surface area contributed by atoms with Crippen molar-refractivity contribution in [2.75, 3.05) is 32.2 Å². The van der Waals surface area contributed by atoms with E-state index in [0.717, 1.165) is 0 Å². The lowest BCUT2D eigenvalue weighted by Gasteiger charge is -2.18. The van der Waals surface area contributed by atoms with Crippen molar-refractivity contribution in [3.63, 3.8) is 0 Å². The van der Waals surface area contributed by atoms with Gasteiger partial charge in [-0.1, -0.05) is 0 Å². The van der Waals surface area contributed by atoms with Gasteiger partial charge >= 0.3 is 0 Å². The number of nitrogens with zero attached hydrogens (tertiary/aromatic N) is 2. The summed E-state index contributed by atoms with van der Waals surface area (Å²) in [6.07, 6.45) is 1.55. The van der Waals surface area contributed by atoms with E-state index in [4.69, 9.17) is 16.3 Å². The van der Waals surface area contributed by atoms with Crippen LogP contribution in [0.25, 0.3) is 0 Å². The van der Waals surface area contributed by atoms with E-state index in [1.165, 1.54) is 0 Å². The molecule has 0 N–H and O–H groups in total. The molecular formula is C10H14ClFN2O. The van der Waals surface area contributed by atoms with Gasteiger partial charge in [-0.25, -0.2) is 9.37 Å². The molecule has 5 heteroatoms. The Hall–Kier alpha value is -0.870. The number of aromatic nitrogens is 1. The predicted octanol–water partition coefficient (Wildman–Crippen LogP) is 2.04. The number of pyridine rings is 1. The zero-order valence-electron chi connectivity index (χ0n) is 8.83. The van der Waals surface area contributed by atoms with E-state index in [1.807, 2.05) is 0 Å². The van der Waals surface area contributed by atoms with E-state index in [1.54, 1.807) is 31.3 Å². The molecule has 0 aliphatic rings. The van der Waals surface area contributed by atoms with Gasteiger partial charge in [-0.3, -0.25) is 0 Å². The number of hydrogen-bond donors (Lipinski definition) is 0. The average Bonchev–Trinajstić information content (AvgIpc) is 2.26. The van der Waals surface area contributed by atoms with Crippen LogP contribution in [0.3, 0.4) is 0 Å². The Morgan fingerprint density at radius 2 is 2.33 bits per heavy atom. The molecule has 1 aromatic heterocycles. The zero-order valence-corrected chi connectivity index (χ0v) is 9.59. The van der Waals surface area contributed by atoms with Gasteiger partial charge in [-0.15, -0.1) is 11.6 Å². The van der Waals surface area contributed by atoms with Crippen LogP contribution in [-0.4, -0.2) is 32.3 Å². The second-order valence-electron chi connectivity index (χ2n) is 3.16. The number of halogens is 2. The lowest BCUT2D eigenvalue weighted by atomic mass is 10.2. The summed E-state index contributed by atoms with van der Waals surface area (Å²) in [6.45, 7) is 1.12.